The summed E-state index contributed by atoms with van der Waals surface area (Å²) in [6.07, 6.45) is 0. The van der Waals surface area contributed by atoms with Crippen LogP contribution in [0.2, 0.25) is 0 Å². The van der Waals surface area contributed by atoms with Crippen molar-refractivity contribution in [3.8, 4) is 0 Å². The molecular weight excluding hydrogens is 515 g/mol. The molecule has 0 bridgehead atoms. The van der Waals surface area contributed by atoms with E-state index in [2.05, 4.69) is 17.3 Å². The molecule has 0 saturated heterocycles. The van der Waals surface area contributed by atoms with E-state index in [4.69, 9.17) is 53.0 Å². The van der Waals surface area contributed by atoms with Crippen LogP contribution in [0.15, 0.2) is 0 Å². The first-order chi connectivity index (χ1) is 10.4. The van der Waals surface area contributed by atoms with Crippen LogP contribution in [0.3, 0.4) is 0 Å². The van der Waals surface area contributed by atoms with Crippen molar-refractivity contribution >= 4 is 76.4 Å². The van der Waals surface area contributed by atoms with E-state index in [1.54, 1.807) is 0 Å². The SMILES string of the molecule is CC(Cl)(Cl)Cl.O=S(=O)(O)OOS(=O)(=O)O.O=S(=O)(O)OOS(=O)(=O)O. The van der Waals surface area contributed by atoms with Crippen molar-refractivity contribution in [1.29, 1.82) is 0 Å². The number of halogens is 3. The highest BCUT2D eigenvalue weighted by molar-refractivity contribution is 7.83. The second kappa shape index (κ2) is 11.3. The van der Waals surface area contributed by atoms with Gasteiger partial charge < -0.3 is 0 Å². The fourth-order valence-corrected chi connectivity index (χ4v) is 1.26. The molecule has 0 amide bonds. The van der Waals surface area contributed by atoms with Crippen molar-refractivity contribution < 1.29 is 69.2 Å². The maximum atomic E-state index is 9.51. The molecule has 0 aromatic heterocycles. The Kier molecular flexibility index (Phi) is 13.5. The lowest BCUT2D eigenvalue weighted by Gasteiger charge is -1.94. The lowest BCUT2D eigenvalue weighted by molar-refractivity contribution is -0.105. The molecule has 0 aromatic rings. The van der Waals surface area contributed by atoms with Crippen molar-refractivity contribution in [2.45, 2.75) is 10.7 Å². The third kappa shape index (κ3) is 59.1. The van der Waals surface area contributed by atoms with E-state index in [0.717, 1.165) is 0 Å². The molecule has 0 spiro atoms. The molecule has 0 fully saturated rings. The Bertz CT molecular complexity index is 648. The summed E-state index contributed by atoms with van der Waals surface area (Å²) in [4.78, 5) is 0. The topological polar surface area (TPSA) is 254 Å². The highest BCUT2D eigenvalue weighted by atomic mass is 35.6. The second-order valence-electron chi connectivity index (χ2n) is 2.76. The van der Waals surface area contributed by atoms with Gasteiger partial charge in [-0.15, -0.1) is 0 Å². The Hall–Kier alpha value is 0.350. The first-order valence-electron chi connectivity index (χ1n) is 4.13. The average Bonchev–Trinajstić information content (AvgIpc) is 2.18. The second-order valence-corrected chi connectivity index (χ2v) is 9.58. The summed E-state index contributed by atoms with van der Waals surface area (Å²) in [7, 11) is -20.1. The summed E-state index contributed by atoms with van der Waals surface area (Å²) >= 11 is 15.2. The third-order valence-corrected chi connectivity index (χ3v) is 1.53. The van der Waals surface area contributed by atoms with Crippen LogP contribution in [0.25, 0.3) is 0 Å². The van der Waals surface area contributed by atoms with E-state index in [1.165, 1.54) is 6.92 Å². The van der Waals surface area contributed by atoms with E-state index >= 15 is 0 Å². The lowest BCUT2D eigenvalue weighted by atomic mass is 10.9. The van der Waals surface area contributed by atoms with E-state index in [0.29, 0.717) is 0 Å². The van der Waals surface area contributed by atoms with Crippen LogP contribution >= 0.6 is 34.8 Å². The van der Waals surface area contributed by atoms with Crippen molar-refractivity contribution in [3.63, 3.8) is 0 Å². The molecule has 23 heteroatoms. The molecule has 0 aromatic carbocycles. The first-order valence-corrected chi connectivity index (χ1v) is 10.7. The van der Waals surface area contributed by atoms with Gasteiger partial charge in [0.05, 0.1) is 0 Å². The lowest BCUT2D eigenvalue weighted by Crippen LogP contribution is -2.10. The Morgan fingerprint density at radius 2 is 0.640 bits per heavy atom. The summed E-state index contributed by atoms with van der Waals surface area (Å²) in [6, 6.07) is 0. The van der Waals surface area contributed by atoms with Crippen molar-refractivity contribution in [1.82, 2.24) is 0 Å². The van der Waals surface area contributed by atoms with Crippen LogP contribution in [0, 0.1) is 0 Å². The van der Waals surface area contributed by atoms with Gasteiger partial charge in [0.1, 0.15) is 0 Å². The fraction of sp³-hybridized carbons (Fsp3) is 1.00. The number of hydrogen-bond acceptors (Lipinski definition) is 12. The first kappa shape index (κ1) is 30.1. The Labute approximate surface area is 156 Å². The highest BCUT2D eigenvalue weighted by Crippen LogP contribution is 2.23. The molecule has 0 saturated carbocycles. The minimum atomic E-state index is -5.02. The van der Waals surface area contributed by atoms with Crippen LogP contribution in [0.4, 0.5) is 0 Å². The minimum Gasteiger partial charge on any atom is -0.262 e. The molecule has 0 aliphatic heterocycles. The van der Waals surface area contributed by atoms with Gasteiger partial charge in [-0.25, -0.2) is 0 Å². The Balaban J connectivity index is -0.000000308. The molecule has 0 aliphatic rings. The van der Waals surface area contributed by atoms with Crippen molar-refractivity contribution in [3.05, 3.63) is 0 Å². The van der Waals surface area contributed by atoms with Gasteiger partial charge in [0.15, 0.2) is 3.79 Å². The normalized spacial score (nSPS) is 13.1. The molecule has 0 heterocycles. The van der Waals surface area contributed by atoms with Gasteiger partial charge in [-0.2, -0.15) is 33.7 Å². The van der Waals surface area contributed by atoms with Crippen LogP contribution in [-0.4, -0.2) is 55.7 Å². The summed E-state index contributed by atoms with van der Waals surface area (Å²) in [6.45, 7) is 1.48. The van der Waals surface area contributed by atoms with Crippen molar-refractivity contribution in [2.24, 2.45) is 0 Å². The predicted molar refractivity (Wildman–Crippen MR) is 76.5 cm³/mol. The van der Waals surface area contributed by atoms with E-state index < -0.39 is 45.4 Å². The molecule has 0 aliphatic carbocycles. The quantitative estimate of drug-likeness (QED) is 0.148. The largest absolute Gasteiger partial charge is 0.425 e. The monoisotopic (exact) mass is 520 g/mol. The molecule has 0 radical (unpaired) electrons. The standard InChI is InChI=1S/C2H3Cl3.2H2O8S2/c1-2(3,4)5;2*1-9(2,3)7-8-10(4,5)6/h1H3;2*(H,1,2,3)(H,4,5,6). The van der Waals surface area contributed by atoms with Gasteiger partial charge in [-0.1, -0.05) is 52.1 Å². The molecule has 0 unspecified atom stereocenters. The summed E-state index contributed by atoms with van der Waals surface area (Å²) < 4.78 is 117. The van der Waals surface area contributed by atoms with E-state index in [-0.39, 0.29) is 0 Å². The van der Waals surface area contributed by atoms with Gasteiger partial charge in [-0.05, 0) is 6.92 Å². The van der Waals surface area contributed by atoms with Gasteiger partial charge in [0.25, 0.3) is 0 Å². The molecule has 0 atom stereocenters. The van der Waals surface area contributed by atoms with Gasteiger partial charge in [-0.3, -0.25) is 18.2 Å². The van der Waals surface area contributed by atoms with Gasteiger partial charge in [0, 0.05) is 0 Å². The van der Waals surface area contributed by atoms with E-state index in [9.17, 15) is 33.7 Å². The van der Waals surface area contributed by atoms with Gasteiger partial charge >= 0.3 is 41.6 Å². The van der Waals surface area contributed by atoms with Crippen molar-refractivity contribution in [2.75, 3.05) is 0 Å². The highest BCUT2D eigenvalue weighted by Gasteiger charge is 2.14. The fourth-order valence-electron chi connectivity index (χ4n) is 0.140. The van der Waals surface area contributed by atoms with Crippen LogP contribution in [-0.2, 0) is 58.9 Å². The Morgan fingerprint density at radius 3 is 0.680 bits per heavy atom. The molecule has 156 valence electrons. The zero-order valence-electron chi connectivity index (χ0n) is 11.0. The van der Waals surface area contributed by atoms with Crippen LogP contribution in [0.1, 0.15) is 6.92 Å². The molecule has 25 heavy (non-hydrogen) atoms. The molecule has 0 rings (SSSR count). The maximum Gasteiger partial charge on any atom is 0.425 e. The smallest absolute Gasteiger partial charge is 0.262 e. The van der Waals surface area contributed by atoms with Gasteiger partial charge in [0.2, 0.25) is 0 Å². The average molecular weight is 522 g/mol. The summed E-state index contributed by atoms with van der Waals surface area (Å²) in [5.74, 6) is 0. The van der Waals surface area contributed by atoms with E-state index in [1.807, 2.05) is 0 Å². The number of rotatable bonds is 6. The minimum absolute atomic E-state index is 1.08. The number of alkyl halides is 3. The van der Waals surface area contributed by atoms with Crippen LogP contribution < -0.4 is 0 Å². The summed E-state index contributed by atoms with van der Waals surface area (Å²) in [5, 5.41) is 0. The maximum absolute atomic E-state index is 9.51. The van der Waals surface area contributed by atoms with Crippen LogP contribution in [0.5, 0.6) is 0 Å². The zero-order valence-corrected chi connectivity index (χ0v) is 16.5. The summed E-state index contributed by atoms with van der Waals surface area (Å²) in [5.41, 5.74) is 0. The molecule has 16 nitrogen and oxygen atoms in total. The number of hydrogen-bond donors (Lipinski definition) is 4. The Morgan fingerprint density at radius 1 is 0.560 bits per heavy atom. The zero-order chi connectivity index (χ0) is 21.3. The predicted octanol–water partition coefficient (Wildman–Crippen LogP) is -0.543. The third-order valence-electron chi connectivity index (χ3n) is 0.399. The molecule has 4 N–H and O–H groups in total. The molecular formula is C2H7Cl3O16S4.